The van der Waals surface area contributed by atoms with E-state index in [1.54, 1.807) is 0 Å². The lowest BCUT2D eigenvalue weighted by Gasteiger charge is -2.35. The second kappa shape index (κ2) is 5.29. The van der Waals surface area contributed by atoms with Crippen molar-refractivity contribution in [3.63, 3.8) is 0 Å². The molecule has 0 radical (unpaired) electrons. The molecule has 1 fully saturated rings. The minimum absolute atomic E-state index is 0.180. The van der Waals surface area contributed by atoms with Crippen molar-refractivity contribution in [2.24, 2.45) is 5.41 Å². The number of rotatable bonds is 2. The van der Waals surface area contributed by atoms with Gasteiger partial charge < -0.3 is 14.9 Å². The minimum atomic E-state index is 0.180. The smallest absolute Gasteiger partial charge is 0.0648 e. The van der Waals surface area contributed by atoms with Crippen LogP contribution in [0.5, 0.6) is 0 Å². The summed E-state index contributed by atoms with van der Waals surface area (Å²) in [5.74, 6) is 0. The number of para-hydroxylation sites is 1. The minimum Gasteiger partial charge on any atom is -0.394 e. The Morgan fingerprint density at radius 2 is 1.89 bits per heavy atom. The molecule has 100 valence electrons. The van der Waals surface area contributed by atoms with Crippen molar-refractivity contribution in [3.8, 4) is 0 Å². The van der Waals surface area contributed by atoms with Crippen molar-refractivity contribution in [1.29, 1.82) is 0 Å². The molecule has 2 rings (SSSR count). The Morgan fingerprint density at radius 3 is 2.50 bits per heavy atom. The number of anilines is 1. The number of aliphatic hydroxyl groups is 1. The predicted molar refractivity (Wildman–Crippen MR) is 75.9 cm³/mol. The maximum Gasteiger partial charge on any atom is 0.0648 e. The summed E-state index contributed by atoms with van der Waals surface area (Å²) in [4.78, 5) is 4.67. The number of hydrogen-bond acceptors (Lipinski definition) is 3. The highest BCUT2D eigenvalue weighted by Gasteiger charge is 2.32. The van der Waals surface area contributed by atoms with Gasteiger partial charge in [0.25, 0.3) is 0 Å². The second-order valence-electron chi connectivity index (χ2n) is 6.16. The van der Waals surface area contributed by atoms with E-state index in [9.17, 15) is 5.11 Å². The van der Waals surface area contributed by atoms with Gasteiger partial charge in [0, 0.05) is 25.3 Å². The van der Waals surface area contributed by atoms with E-state index in [0.717, 1.165) is 19.6 Å². The fourth-order valence-electron chi connectivity index (χ4n) is 2.97. The van der Waals surface area contributed by atoms with E-state index in [0.29, 0.717) is 0 Å². The van der Waals surface area contributed by atoms with Gasteiger partial charge in [-0.1, -0.05) is 32.0 Å². The van der Waals surface area contributed by atoms with Gasteiger partial charge >= 0.3 is 0 Å². The third kappa shape index (κ3) is 3.03. The van der Waals surface area contributed by atoms with Gasteiger partial charge in [-0.15, -0.1) is 0 Å². The first-order valence-electron chi connectivity index (χ1n) is 6.63. The first-order chi connectivity index (χ1) is 8.52. The quantitative estimate of drug-likeness (QED) is 0.865. The molecule has 1 aliphatic heterocycles. The third-order valence-electron chi connectivity index (χ3n) is 3.56. The van der Waals surface area contributed by atoms with Crippen molar-refractivity contribution < 1.29 is 5.11 Å². The summed E-state index contributed by atoms with van der Waals surface area (Å²) in [5.41, 5.74) is 1.44. The molecule has 0 saturated carbocycles. The summed E-state index contributed by atoms with van der Waals surface area (Å²) in [6.07, 6.45) is 0. The van der Waals surface area contributed by atoms with E-state index in [-0.39, 0.29) is 18.1 Å². The van der Waals surface area contributed by atoms with E-state index in [2.05, 4.69) is 55.0 Å². The molecule has 1 unspecified atom stereocenters. The molecule has 3 nitrogen and oxygen atoms in total. The average Bonchev–Trinajstić information content (AvgIpc) is 2.45. The van der Waals surface area contributed by atoms with Crippen molar-refractivity contribution in [2.45, 2.75) is 19.9 Å². The first kappa shape index (κ1) is 13.4. The molecule has 1 aromatic rings. The number of aliphatic hydroxyl groups excluding tert-OH is 1. The van der Waals surface area contributed by atoms with Crippen LogP contribution in [-0.4, -0.2) is 49.3 Å². The van der Waals surface area contributed by atoms with Crippen molar-refractivity contribution >= 4 is 5.69 Å². The normalized spacial score (nSPS) is 24.9. The molecular formula is C15H24N2O. The van der Waals surface area contributed by atoms with Gasteiger partial charge in [-0.3, -0.25) is 0 Å². The van der Waals surface area contributed by atoms with Crippen LogP contribution in [0, 0.1) is 5.41 Å². The maximum atomic E-state index is 9.67. The molecule has 1 N–H and O–H groups in total. The van der Waals surface area contributed by atoms with Crippen molar-refractivity contribution in [2.75, 3.05) is 38.2 Å². The molecule has 0 bridgehead atoms. The highest BCUT2D eigenvalue weighted by Crippen LogP contribution is 2.28. The third-order valence-corrected chi connectivity index (χ3v) is 3.56. The summed E-state index contributed by atoms with van der Waals surface area (Å²) < 4.78 is 0. The first-order valence-corrected chi connectivity index (χ1v) is 6.63. The van der Waals surface area contributed by atoms with E-state index in [4.69, 9.17) is 0 Å². The maximum absolute atomic E-state index is 9.67. The molecule has 0 aliphatic carbocycles. The van der Waals surface area contributed by atoms with Gasteiger partial charge in [-0.25, -0.2) is 0 Å². The van der Waals surface area contributed by atoms with Crippen LogP contribution in [0.15, 0.2) is 30.3 Å². The standard InChI is InChI=1S/C15H24N2O/c1-15(2)11-16(3)9-14(10-18)17(12-15)13-7-5-4-6-8-13/h4-8,14,18H,9-12H2,1-3H3. The summed E-state index contributed by atoms with van der Waals surface area (Å²) >= 11 is 0. The van der Waals surface area contributed by atoms with Crippen LogP contribution in [0.4, 0.5) is 5.69 Å². The topological polar surface area (TPSA) is 26.7 Å². The van der Waals surface area contributed by atoms with Crippen LogP contribution < -0.4 is 4.90 Å². The van der Waals surface area contributed by atoms with Crippen LogP contribution in [0.25, 0.3) is 0 Å². The van der Waals surface area contributed by atoms with Crippen LogP contribution >= 0.6 is 0 Å². The highest BCUT2D eigenvalue weighted by molar-refractivity contribution is 5.47. The van der Waals surface area contributed by atoms with Gasteiger partial charge in [-0.05, 0) is 24.6 Å². The number of benzene rings is 1. The second-order valence-corrected chi connectivity index (χ2v) is 6.16. The Balaban J connectivity index is 2.29. The SMILES string of the molecule is CN1CC(CO)N(c2ccccc2)CC(C)(C)C1. The van der Waals surface area contributed by atoms with Crippen LogP contribution in [-0.2, 0) is 0 Å². The fourth-order valence-corrected chi connectivity index (χ4v) is 2.97. The predicted octanol–water partition coefficient (Wildman–Crippen LogP) is 1.83. The Bertz CT molecular complexity index is 377. The molecule has 1 saturated heterocycles. The lowest BCUT2D eigenvalue weighted by molar-refractivity contribution is 0.213. The van der Waals surface area contributed by atoms with Gasteiger partial charge in [-0.2, -0.15) is 0 Å². The van der Waals surface area contributed by atoms with Crippen LogP contribution in [0.2, 0.25) is 0 Å². The highest BCUT2D eigenvalue weighted by atomic mass is 16.3. The monoisotopic (exact) mass is 248 g/mol. The zero-order valence-electron chi connectivity index (χ0n) is 11.6. The Kier molecular flexibility index (Phi) is 3.93. The van der Waals surface area contributed by atoms with Crippen LogP contribution in [0.1, 0.15) is 13.8 Å². The lowest BCUT2D eigenvalue weighted by Crippen LogP contribution is -2.44. The lowest BCUT2D eigenvalue weighted by atomic mass is 9.92. The molecular weight excluding hydrogens is 224 g/mol. The number of hydrogen-bond donors (Lipinski definition) is 1. The zero-order valence-corrected chi connectivity index (χ0v) is 11.6. The molecule has 1 atom stereocenters. The Labute approximate surface area is 110 Å². The number of nitrogens with zero attached hydrogens (tertiary/aromatic N) is 2. The summed E-state index contributed by atoms with van der Waals surface area (Å²) in [6, 6.07) is 10.6. The molecule has 1 aromatic carbocycles. The molecule has 0 spiro atoms. The van der Waals surface area contributed by atoms with Crippen LogP contribution in [0.3, 0.4) is 0 Å². The largest absolute Gasteiger partial charge is 0.394 e. The summed E-state index contributed by atoms with van der Waals surface area (Å²) in [6.45, 7) is 7.74. The Morgan fingerprint density at radius 1 is 1.22 bits per heavy atom. The van der Waals surface area contributed by atoms with E-state index < -0.39 is 0 Å². The van der Waals surface area contributed by atoms with Gasteiger partial charge in [0.1, 0.15) is 0 Å². The van der Waals surface area contributed by atoms with Gasteiger partial charge in [0.05, 0.1) is 12.6 Å². The summed E-state index contributed by atoms with van der Waals surface area (Å²) in [7, 11) is 2.14. The molecule has 0 aromatic heterocycles. The molecule has 18 heavy (non-hydrogen) atoms. The zero-order chi connectivity index (χ0) is 13.2. The molecule has 0 amide bonds. The average molecular weight is 248 g/mol. The molecule has 1 aliphatic rings. The summed E-state index contributed by atoms with van der Waals surface area (Å²) in [5, 5.41) is 9.67. The fraction of sp³-hybridized carbons (Fsp3) is 0.600. The van der Waals surface area contributed by atoms with Crippen molar-refractivity contribution in [3.05, 3.63) is 30.3 Å². The van der Waals surface area contributed by atoms with E-state index in [1.807, 2.05) is 6.07 Å². The van der Waals surface area contributed by atoms with E-state index >= 15 is 0 Å². The number of likely N-dealkylation sites (N-methyl/N-ethyl adjacent to an activating group) is 1. The Hall–Kier alpha value is -1.06. The van der Waals surface area contributed by atoms with Gasteiger partial charge in [0.2, 0.25) is 0 Å². The molecule has 3 heteroatoms. The van der Waals surface area contributed by atoms with Crippen molar-refractivity contribution in [1.82, 2.24) is 4.90 Å². The van der Waals surface area contributed by atoms with E-state index in [1.165, 1.54) is 5.69 Å². The molecule has 1 heterocycles. The van der Waals surface area contributed by atoms with Gasteiger partial charge in [0.15, 0.2) is 0 Å².